The molecule has 1 aromatic rings. The van der Waals surface area contributed by atoms with Gasteiger partial charge in [-0.05, 0) is 17.7 Å². The van der Waals surface area contributed by atoms with Crippen LogP contribution < -0.4 is 5.32 Å². The Morgan fingerprint density at radius 3 is 2.83 bits per heavy atom. The first kappa shape index (κ1) is 17.9. The van der Waals surface area contributed by atoms with Gasteiger partial charge in [0.05, 0.1) is 19.3 Å². The minimum Gasteiger partial charge on any atom is -0.375 e. The number of urea groups is 1. The van der Waals surface area contributed by atoms with Crippen molar-refractivity contribution in [2.45, 2.75) is 12.0 Å². The second-order valence-electron chi connectivity index (χ2n) is 5.29. The van der Waals surface area contributed by atoms with Gasteiger partial charge in [0.15, 0.2) is 0 Å². The van der Waals surface area contributed by atoms with Crippen LogP contribution in [0.3, 0.4) is 0 Å². The molecule has 0 bridgehead atoms. The van der Waals surface area contributed by atoms with E-state index in [0.717, 1.165) is 10.5 Å². The molecule has 1 atom stereocenters. The van der Waals surface area contributed by atoms with E-state index in [0.29, 0.717) is 5.02 Å². The highest BCUT2D eigenvalue weighted by Crippen LogP contribution is 2.20. The van der Waals surface area contributed by atoms with Gasteiger partial charge in [-0.3, -0.25) is 0 Å². The summed E-state index contributed by atoms with van der Waals surface area (Å²) < 4.78 is 37.1. The number of methoxy groups -OCH3 is 1. The number of benzene rings is 1. The Balaban J connectivity index is 1.92. The van der Waals surface area contributed by atoms with Crippen LogP contribution in [-0.2, 0) is 9.47 Å². The molecule has 2 rings (SSSR count). The third-order valence-electron chi connectivity index (χ3n) is 3.49. The van der Waals surface area contributed by atoms with Gasteiger partial charge in [0.2, 0.25) is 0 Å². The quantitative estimate of drug-likeness (QED) is 0.910. The number of carbonyl (C=O) groups excluding carboxylic acids is 1. The van der Waals surface area contributed by atoms with E-state index in [9.17, 15) is 13.6 Å². The Morgan fingerprint density at radius 2 is 2.17 bits per heavy atom. The van der Waals surface area contributed by atoms with Crippen LogP contribution in [0.25, 0.3) is 0 Å². The minimum absolute atomic E-state index is 0.0912. The molecule has 0 saturated carbocycles. The summed E-state index contributed by atoms with van der Waals surface area (Å²) >= 11 is 5.83. The fraction of sp³-hybridized carbons (Fsp3) is 0.533. The smallest absolute Gasteiger partial charge is 0.317 e. The summed E-state index contributed by atoms with van der Waals surface area (Å²) in [6, 6.07) is 6.45. The third-order valence-corrected chi connectivity index (χ3v) is 3.75. The lowest BCUT2D eigenvalue weighted by Crippen LogP contribution is -2.47. The van der Waals surface area contributed by atoms with Gasteiger partial charge in [-0.2, -0.15) is 0 Å². The number of carbonyl (C=O) groups is 1. The summed E-state index contributed by atoms with van der Waals surface area (Å²) in [5.74, 6) is -3.04. The summed E-state index contributed by atoms with van der Waals surface area (Å²) in [6.07, 6.45) is -0.389. The molecule has 2 amide bonds. The molecule has 1 saturated heterocycles. The predicted molar refractivity (Wildman–Crippen MR) is 81.9 cm³/mol. The topological polar surface area (TPSA) is 50.8 Å². The number of amides is 2. The predicted octanol–water partition coefficient (Wildman–Crippen LogP) is 2.70. The first-order valence-electron chi connectivity index (χ1n) is 7.18. The Morgan fingerprint density at radius 1 is 1.48 bits per heavy atom. The standard InChI is InChI=1S/C15H19ClF2N2O3/c1-22-13(11-2-4-12(16)5-3-11)8-19-14(21)20-6-7-23-10-15(17,18)9-20/h2-5,13H,6-10H2,1H3,(H,19,21). The molecule has 1 N–H and O–H groups in total. The van der Waals surface area contributed by atoms with E-state index in [4.69, 9.17) is 21.1 Å². The van der Waals surface area contributed by atoms with E-state index < -0.39 is 25.1 Å². The zero-order chi connectivity index (χ0) is 16.9. The van der Waals surface area contributed by atoms with E-state index in [2.05, 4.69) is 5.32 Å². The van der Waals surface area contributed by atoms with Crippen LogP contribution in [0.15, 0.2) is 24.3 Å². The van der Waals surface area contributed by atoms with Gasteiger partial charge in [-0.25, -0.2) is 13.6 Å². The van der Waals surface area contributed by atoms with E-state index >= 15 is 0 Å². The molecule has 1 aromatic carbocycles. The first-order chi connectivity index (χ1) is 10.9. The summed E-state index contributed by atoms with van der Waals surface area (Å²) in [7, 11) is 1.51. The number of ether oxygens (including phenoxy) is 2. The highest BCUT2D eigenvalue weighted by Gasteiger charge is 2.36. The first-order valence-corrected chi connectivity index (χ1v) is 7.56. The average Bonchev–Trinajstić information content (AvgIpc) is 2.70. The van der Waals surface area contributed by atoms with Gasteiger partial charge >= 0.3 is 6.03 Å². The van der Waals surface area contributed by atoms with Crippen molar-refractivity contribution in [1.82, 2.24) is 10.2 Å². The molecule has 1 heterocycles. The number of hydrogen-bond acceptors (Lipinski definition) is 3. The number of nitrogens with one attached hydrogen (secondary N) is 1. The van der Waals surface area contributed by atoms with E-state index in [1.54, 1.807) is 24.3 Å². The fourth-order valence-electron chi connectivity index (χ4n) is 2.28. The van der Waals surface area contributed by atoms with Crippen molar-refractivity contribution in [2.24, 2.45) is 0 Å². The summed E-state index contributed by atoms with van der Waals surface area (Å²) in [5.41, 5.74) is 0.835. The Kier molecular flexibility index (Phi) is 6.15. The molecule has 128 valence electrons. The van der Waals surface area contributed by atoms with Gasteiger partial charge in [-0.1, -0.05) is 23.7 Å². The maximum atomic E-state index is 13.5. The number of halogens is 3. The summed E-state index contributed by atoms with van der Waals surface area (Å²) in [6.45, 7) is -0.937. The third kappa shape index (κ3) is 5.30. The molecule has 5 nitrogen and oxygen atoms in total. The van der Waals surface area contributed by atoms with Crippen LogP contribution in [0.2, 0.25) is 5.02 Å². The zero-order valence-electron chi connectivity index (χ0n) is 12.7. The van der Waals surface area contributed by atoms with Crippen LogP contribution in [0, 0.1) is 0 Å². The summed E-state index contributed by atoms with van der Waals surface area (Å²) in [4.78, 5) is 13.2. The Hall–Kier alpha value is -1.44. The Bertz CT molecular complexity index is 528. The molecule has 0 spiro atoms. The molecule has 1 aliphatic heterocycles. The second-order valence-corrected chi connectivity index (χ2v) is 5.73. The van der Waals surface area contributed by atoms with Crippen molar-refractivity contribution in [3.05, 3.63) is 34.9 Å². The van der Waals surface area contributed by atoms with E-state index in [-0.39, 0.29) is 25.8 Å². The number of hydrogen-bond donors (Lipinski definition) is 1. The maximum absolute atomic E-state index is 13.5. The molecule has 0 aromatic heterocycles. The molecule has 1 aliphatic rings. The van der Waals surface area contributed by atoms with Crippen LogP contribution >= 0.6 is 11.6 Å². The molecular weight excluding hydrogens is 330 g/mol. The van der Waals surface area contributed by atoms with E-state index in [1.807, 2.05) is 0 Å². The molecule has 0 aliphatic carbocycles. The summed E-state index contributed by atoms with van der Waals surface area (Å²) in [5, 5.41) is 3.22. The lowest BCUT2D eigenvalue weighted by Gasteiger charge is -2.25. The van der Waals surface area contributed by atoms with Crippen molar-refractivity contribution in [3.63, 3.8) is 0 Å². The molecule has 1 fully saturated rings. The molecule has 0 radical (unpaired) electrons. The zero-order valence-corrected chi connectivity index (χ0v) is 13.5. The fourth-order valence-corrected chi connectivity index (χ4v) is 2.41. The van der Waals surface area contributed by atoms with Crippen LogP contribution in [0.4, 0.5) is 13.6 Å². The lowest BCUT2D eigenvalue weighted by molar-refractivity contribution is -0.0652. The molecule has 23 heavy (non-hydrogen) atoms. The van der Waals surface area contributed by atoms with Crippen molar-refractivity contribution in [3.8, 4) is 0 Å². The van der Waals surface area contributed by atoms with Gasteiger partial charge in [0.1, 0.15) is 6.61 Å². The molecule has 8 heteroatoms. The number of alkyl halides is 2. The van der Waals surface area contributed by atoms with Gasteiger partial charge in [0.25, 0.3) is 5.92 Å². The monoisotopic (exact) mass is 348 g/mol. The maximum Gasteiger partial charge on any atom is 0.317 e. The molecular formula is C15H19ClF2N2O3. The number of rotatable bonds is 4. The van der Waals surface area contributed by atoms with Crippen molar-refractivity contribution in [1.29, 1.82) is 0 Å². The van der Waals surface area contributed by atoms with Crippen LogP contribution in [-0.4, -0.2) is 56.8 Å². The SMILES string of the molecule is COC(CNC(=O)N1CCOCC(F)(F)C1)c1ccc(Cl)cc1. The highest BCUT2D eigenvalue weighted by molar-refractivity contribution is 6.30. The van der Waals surface area contributed by atoms with Crippen molar-refractivity contribution < 1.29 is 23.0 Å². The number of nitrogens with zero attached hydrogens (tertiary/aromatic N) is 1. The molecule has 1 unspecified atom stereocenters. The minimum atomic E-state index is -3.04. The second kappa shape index (κ2) is 7.90. The largest absolute Gasteiger partial charge is 0.375 e. The van der Waals surface area contributed by atoms with E-state index in [1.165, 1.54) is 7.11 Å². The van der Waals surface area contributed by atoms with Crippen molar-refractivity contribution in [2.75, 3.05) is 40.0 Å². The lowest BCUT2D eigenvalue weighted by atomic mass is 10.1. The van der Waals surface area contributed by atoms with Gasteiger partial charge in [-0.15, -0.1) is 0 Å². The van der Waals surface area contributed by atoms with Gasteiger partial charge < -0.3 is 19.7 Å². The van der Waals surface area contributed by atoms with Gasteiger partial charge in [0, 0.05) is 25.2 Å². The van der Waals surface area contributed by atoms with Crippen LogP contribution in [0.5, 0.6) is 0 Å². The average molecular weight is 349 g/mol. The highest BCUT2D eigenvalue weighted by atomic mass is 35.5. The van der Waals surface area contributed by atoms with Crippen LogP contribution in [0.1, 0.15) is 11.7 Å². The van der Waals surface area contributed by atoms with Crippen molar-refractivity contribution >= 4 is 17.6 Å². The Labute approximate surface area is 138 Å². The normalized spacial score (nSPS) is 19.0.